The molecule has 190 valence electrons. The molecule has 0 aliphatic carbocycles. The van der Waals surface area contributed by atoms with Crippen LogP contribution < -0.4 is 58.5 Å². The molecule has 0 saturated carbocycles. The maximum atomic E-state index is 8.49. The van der Waals surface area contributed by atoms with Gasteiger partial charge in [0.1, 0.15) is 0 Å². The number of nitrogens with zero attached hydrogens (tertiary/aromatic N) is 2. The molecule has 2 rings (SSSR count). The number of hydrogen-bond acceptors (Lipinski definition) is 14. The predicted molar refractivity (Wildman–Crippen MR) is 84.4 cm³/mol. The molecule has 0 atom stereocenters. The Morgan fingerprint density at radius 1 is 0.452 bits per heavy atom. The van der Waals surface area contributed by atoms with Crippen molar-refractivity contribution in [3.05, 3.63) is 0 Å². The van der Waals surface area contributed by atoms with Gasteiger partial charge in [0, 0.05) is 91.6 Å². The minimum Gasteiger partial charge on any atom is -0.314 e. The van der Waals surface area contributed by atoms with E-state index in [1.165, 1.54) is 39.3 Å². The third-order valence-electron chi connectivity index (χ3n) is 4.11. The Balaban J connectivity index is 0. The number of rotatable bonds is 3. The van der Waals surface area contributed by atoms with Crippen molar-refractivity contribution in [2.45, 2.75) is 0 Å². The first-order valence-electron chi connectivity index (χ1n) is 9.46. The molecule has 0 aromatic rings. The summed E-state index contributed by atoms with van der Waals surface area (Å²) in [7, 11) is -9.89. The van der Waals surface area contributed by atoms with Crippen LogP contribution in [0.15, 0.2) is 0 Å². The van der Waals surface area contributed by atoms with Crippen molar-refractivity contribution < 1.29 is 74.2 Å². The van der Waals surface area contributed by atoms with E-state index in [1.807, 2.05) is 0 Å². The Labute approximate surface area is 197 Å². The van der Waals surface area contributed by atoms with Crippen LogP contribution in [0.25, 0.3) is 0 Å². The molecule has 0 amide bonds. The third-order valence-corrected chi connectivity index (χ3v) is 4.11. The van der Waals surface area contributed by atoms with Gasteiger partial charge < -0.3 is 21.3 Å². The quantitative estimate of drug-likeness (QED) is 0.242. The van der Waals surface area contributed by atoms with Gasteiger partial charge in [0.25, 0.3) is 0 Å². The number of nitrogens with one attached hydrogen (secondary N) is 4. The summed E-state index contributed by atoms with van der Waals surface area (Å²) in [5.74, 6) is 0. The average molecular weight is 542 g/mol. The van der Waals surface area contributed by atoms with Gasteiger partial charge in [0.2, 0.25) is 0 Å². The van der Waals surface area contributed by atoms with E-state index >= 15 is 0 Å². The van der Waals surface area contributed by atoms with Crippen molar-refractivity contribution >= 4 is 0 Å². The third kappa shape index (κ3) is 32.8. The van der Waals surface area contributed by atoms with Gasteiger partial charge in [-0.05, 0) is 0 Å². The van der Waals surface area contributed by atoms with Gasteiger partial charge in [-0.2, -0.15) is 0 Å². The molecule has 0 bridgehead atoms. The smallest absolute Gasteiger partial charge is 0.314 e. The summed E-state index contributed by atoms with van der Waals surface area (Å²) in [5, 5.41) is 13.9. The van der Waals surface area contributed by atoms with E-state index < -0.39 is 20.5 Å². The molecule has 0 radical (unpaired) electrons. The summed E-state index contributed by atoms with van der Waals surface area (Å²) in [4.78, 5) is 5.16. The molecular formula is C14H32Cl2N6NiO8. The van der Waals surface area contributed by atoms with E-state index in [2.05, 4.69) is 31.1 Å². The Kier molecular flexibility index (Phi) is 21.7. The fraction of sp³-hybridized carbons (Fsp3) is 1.00. The Bertz CT molecular complexity index is 344. The number of halogens is 2. The molecule has 2 saturated heterocycles. The SMILES string of the molecule is C1CNCCN(CCN2CCNCCNCC2)CCN1.[Ni+2].[O-][Cl+3]([O-])([O-])[O-].[O-][Cl+3]([O-])([O-])[O-]. The average Bonchev–Trinajstić information content (AvgIpc) is 2.80. The van der Waals surface area contributed by atoms with E-state index in [9.17, 15) is 0 Å². The molecule has 17 heteroatoms. The van der Waals surface area contributed by atoms with Crippen LogP contribution in [0.1, 0.15) is 0 Å². The largest absolute Gasteiger partial charge is 2.00 e. The van der Waals surface area contributed by atoms with Crippen LogP contribution in [0.4, 0.5) is 0 Å². The fourth-order valence-corrected chi connectivity index (χ4v) is 2.76. The van der Waals surface area contributed by atoms with Crippen LogP contribution in [0, 0.1) is 20.5 Å². The molecule has 0 unspecified atom stereocenters. The second-order valence-corrected chi connectivity index (χ2v) is 7.95. The minimum absolute atomic E-state index is 0. The standard InChI is InChI=1S/C14H32N6.2ClHO4.Ni/c1-2-16-6-10-19(9-5-15-1)13-14-20-11-7-17-3-4-18-8-12-20;2*2-1(3,4)5;/h15-18H,1-14H2;2*(H,2,3,4,5);/q;;;+2/p-2. The zero-order valence-corrected chi connectivity index (χ0v) is 19.6. The maximum Gasteiger partial charge on any atom is 2.00 e. The van der Waals surface area contributed by atoms with Crippen molar-refractivity contribution in [1.29, 1.82) is 0 Å². The van der Waals surface area contributed by atoms with Gasteiger partial charge in [-0.3, -0.25) is 9.80 Å². The van der Waals surface area contributed by atoms with E-state index in [1.54, 1.807) is 0 Å². The van der Waals surface area contributed by atoms with Crippen LogP contribution in [0.2, 0.25) is 0 Å². The number of hydrogen-bond donors (Lipinski definition) is 4. The van der Waals surface area contributed by atoms with Gasteiger partial charge in [-0.15, -0.1) is 20.5 Å². The van der Waals surface area contributed by atoms with E-state index in [0.717, 1.165) is 52.4 Å². The van der Waals surface area contributed by atoms with Gasteiger partial charge in [-0.1, -0.05) is 0 Å². The molecule has 31 heavy (non-hydrogen) atoms. The summed E-state index contributed by atoms with van der Waals surface area (Å²) in [6.07, 6.45) is 0. The molecule has 0 aromatic carbocycles. The van der Waals surface area contributed by atoms with Crippen molar-refractivity contribution in [1.82, 2.24) is 31.1 Å². The normalized spacial score (nSPS) is 20.5. The van der Waals surface area contributed by atoms with Gasteiger partial charge in [-0.25, -0.2) is 37.3 Å². The van der Waals surface area contributed by atoms with Crippen LogP contribution in [-0.4, -0.2) is 101 Å². The van der Waals surface area contributed by atoms with Crippen molar-refractivity contribution in [2.24, 2.45) is 0 Å². The van der Waals surface area contributed by atoms with Crippen LogP contribution in [-0.2, 0) is 16.5 Å². The summed E-state index contributed by atoms with van der Waals surface area (Å²) in [6.45, 7) is 15.9. The van der Waals surface area contributed by atoms with Crippen molar-refractivity contribution in [2.75, 3.05) is 91.6 Å². The minimum atomic E-state index is -4.94. The summed E-state index contributed by atoms with van der Waals surface area (Å²) >= 11 is 0. The summed E-state index contributed by atoms with van der Waals surface area (Å²) in [6, 6.07) is 0. The van der Waals surface area contributed by atoms with Gasteiger partial charge in [0.15, 0.2) is 0 Å². The first-order chi connectivity index (χ1) is 13.9. The van der Waals surface area contributed by atoms with E-state index in [4.69, 9.17) is 37.3 Å². The second-order valence-electron chi connectivity index (χ2n) is 6.44. The van der Waals surface area contributed by atoms with Crippen LogP contribution in [0.3, 0.4) is 0 Å². The molecular weight excluding hydrogens is 510 g/mol. The van der Waals surface area contributed by atoms with Crippen molar-refractivity contribution in [3.8, 4) is 0 Å². The predicted octanol–water partition coefficient (Wildman–Crippen LogP) is -11.5. The van der Waals surface area contributed by atoms with Crippen molar-refractivity contribution in [3.63, 3.8) is 0 Å². The summed E-state index contributed by atoms with van der Waals surface area (Å²) in [5.41, 5.74) is 0. The molecule has 2 heterocycles. The molecule has 2 fully saturated rings. The molecule has 0 aromatic heterocycles. The van der Waals surface area contributed by atoms with E-state index in [-0.39, 0.29) is 16.5 Å². The summed E-state index contributed by atoms with van der Waals surface area (Å²) < 4.78 is 67.9. The van der Waals surface area contributed by atoms with Gasteiger partial charge in [0.05, 0.1) is 0 Å². The van der Waals surface area contributed by atoms with E-state index in [0.29, 0.717) is 0 Å². The first-order valence-corrected chi connectivity index (χ1v) is 11.9. The van der Waals surface area contributed by atoms with Crippen LogP contribution in [0.5, 0.6) is 0 Å². The maximum absolute atomic E-state index is 8.49. The topological polar surface area (TPSA) is 239 Å². The van der Waals surface area contributed by atoms with Crippen LogP contribution >= 0.6 is 0 Å². The molecule has 2 aliphatic heterocycles. The monoisotopic (exact) mass is 540 g/mol. The Hall–Kier alpha value is 0.514. The molecule has 0 spiro atoms. The zero-order valence-electron chi connectivity index (χ0n) is 17.1. The zero-order chi connectivity index (χ0) is 22.9. The Morgan fingerprint density at radius 3 is 0.839 bits per heavy atom. The Morgan fingerprint density at radius 2 is 0.645 bits per heavy atom. The molecule has 4 N–H and O–H groups in total. The fourth-order valence-electron chi connectivity index (χ4n) is 2.76. The molecule has 14 nitrogen and oxygen atoms in total. The molecule has 2 aliphatic rings. The first kappa shape index (κ1) is 33.7. The van der Waals surface area contributed by atoms with Gasteiger partial charge >= 0.3 is 16.5 Å². The second kappa shape index (κ2) is 19.9.